The lowest BCUT2D eigenvalue weighted by atomic mass is 9.67. The molecule has 0 saturated carbocycles. The highest BCUT2D eigenvalue weighted by molar-refractivity contribution is 5.94. The van der Waals surface area contributed by atoms with Crippen molar-refractivity contribution >= 4 is 11.8 Å². The second kappa shape index (κ2) is 6.45. The first-order chi connectivity index (χ1) is 11.8. The molecule has 2 amide bonds. The minimum atomic E-state index is -0.540. The molecule has 0 radical (unpaired) electrons. The van der Waals surface area contributed by atoms with Gasteiger partial charge in [-0.1, -0.05) is 18.2 Å². The Labute approximate surface area is 149 Å². The molecule has 1 aromatic rings. The van der Waals surface area contributed by atoms with Crippen molar-refractivity contribution in [1.29, 1.82) is 0 Å². The van der Waals surface area contributed by atoms with Crippen LogP contribution in [-0.4, -0.2) is 58.0 Å². The van der Waals surface area contributed by atoms with E-state index in [1.807, 2.05) is 54.0 Å². The van der Waals surface area contributed by atoms with Crippen molar-refractivity contribution in [3.8, 4) is 0 Å². The number of hydrogen-bond donors (Lipinski definition) is 1. The van der Waals surface area contributed by atoms with Crippen LogP contribution in [0.4, 0.5) is 0 Å². The summed E-state index contributed by atoms with van der Waals surface area (Å²) in [5.74, 6) is 0.0708. The van der Waals surface area contributed by atoms with Gasteiger partial charge in [0.1, 0.15) is 0 Å². The zero-order chi connectivity index (χ0) is 18.2. The molecule has 2 aliphatic heterocycles. The van der Waals surface area contributed by atoms with Gasteiger partial charge in [0.15, 0.2) is 0 Å². The normalized spacial score (nSPS) is 25.0. The molecule has 2 aliphatic rings. The predicted molar refractivity (Wildman–Crippen MR) is 96.1 cm³/mol. The largest absolute Gasteiger partial charge is 0.391 e. The quantitative estimate of drug-likeness (QED) is 0.850. The van der Waals surface area contributed by atoms with Crippen LogP contribution in [0.25, 0.3) is 0 Å². The third-order valence-electron chi connectivity index (χ3n) is 6.14. The van der Waals surface area contributed by atoms with E-state index in [2.05, 4.69) is 0 Å². The minimum Gasteiger partial charge on any atom is -0.391 e. The monoisotopic (exact) mass is 344 g/mol. The zero-order valence-corrected chi connectivity index (χ0v) is 15.4. The van der Waals surface area contributed by atoms with Gasteiger partial charge in [-0.2, -0.15) is 0 Å². The van der Waals surface area contributed by atoms with Crippen LogP contribution >= 0.6 is 0 Å². The van der Waals surface area contributed by atoms with E-state index in [1.54, 1.807) is 6.92 Å². The fraction of sp³-hybridized carbons (Fsp3) is 0.600. The Morgan fingerprint density at radius 2 is 1.72 bits per heavy atom. The standard InChI is InChI=1S/C20H28N2O3/c1-15(23)22-14-20(13-17(24)19(22,2)3)9-11-21(12-10-20)18(25)16-7-5-4-6-8-16/h4-8,17,24H,9-14H2,1-3H3. The number of carbonyl (C=O) groups excluding carboxylic acids is 2. The van der Waals surface area contributed by atoms with Crippen LogP contribution in [-0.2, 0) is 4.79 Å². The Morgan fingerprint density at radius 1 is 1.12 bits per heavy atom. The topological polar surface area (TPSA) is 60.9 Å². The number of nitrogens with zero attached hydrogens (tertiary/aromatic N) is 2. The van der Waals surface area contributed by atoms with E-state index in [0.717, 1.165) is 12.8 Å². The lowest BCUT2D eigenvalue weighted by molar-refractivity contribution is -0.156. The Bertz CT molecular complexity index is 648. The molecule has 136 valence electrons. The predicted octanol–water partition coefficient (Wildman–Crippen LogP) is 2.30. The first kappa shape index (κ1) is 17.9. The maximum Gasteiger partial charge on any atom is 0.253 e. The van der Waals surface area contributed by atoms with Crippen LogP contribution in [0, 0.1) is 5.41 Å². The summed E-state index contributed by atoms with van der Waals surface area (Å²) in [5, 5.41) is 10.7. The van der Waals surface area contributed by atoms with E-state index in [9.17, 15) is 14.7 Å². The number of hydrogen-bond acceptors (Lipinski definition) is 3. The number of likely N-dealkylation sites (tertiary alicyclic amines) is 2. The molecule has 0 bridgehead atoms. The third kappa shape index (κ3) is 3.30. The van der Waals surface area contributed by atoms with Crippen molar-refractivity contribution in [3.63, 3.8) is 0 Å². The number of aliphatic hydroxyl groups is 1. The third-order valence-corrected chi connectivity index (χ3v) is 6.14. The highest BCUT2D eigenvalue weighted by Gasteiger charge is 2.50. The molecule has 1 N–H and O–H groups in total. The number of aliphatic hydroxyl groups excluding tert-OH is 1. The molecule has 2 fully saturated rings. The van der Waals surface area contributed by atoms with E-state index in [1.165, 1.54) is 0 Å². The summed E-state index contributed by atoms with van der Waals surface area (Å²) in [7, 11) is 0. The molecule has 2 saturated heterocycles. The molecule has 1 unspecified atom stereocenters. The van der Waals surface area contributed by atoms with E-state index in [-0.39, 0.29) is 17.2 Å². The minimum absolute atomic E-state index is 0.00548. The van der Waals surface area contributed by atoms with E-state index >= 15 is 0 Å². The summed E-state index contributed by atoms with van der Waals surface area (Å²) in [4.78, 5) is 28.4. The fourth-order valence-electron chi connectivity index (χ4n) is 4.27. The maximum absolute atomic E-state index is 12.6. The number of carbonyl (C=O) groups is 2. The van der Waals surface area contributed by atoms with Crippen LogP contribution in [0.1, 0.15) is 50.4 Å². The van der Waals surface area contributed by atoms with Crippen molar-refractivity contribution in [3.05, 3.63) is 35.9 Å². The molecule has 2 heterocycles. The number of rotatable bonds is 1. The van der Waals surface area contributed by atoms with Crippen molar-refractivity contribution in [2.45, 2.75) is 51.7 Å². The Balaban J connectivity index is 1.71. The molecular weight excluding hydrogens is 316 g/mol. The van der Waals surface area contributed by atoms with Gasteiger partial charge in [0, 0.05) is 32.1 Å². The number of amides is 2. The van der Waals surface area contributed by atoms with Crippen LogP contribution in [0.3, 0.4) is 0 Å². The second-order valence-corrected chi connectivity index (χ2v) is 8.14. The lowest BCUT2D eigenvalue weighted by Gasteiger charge is -2.55. The summed E-state index contributed by atoms with van der Waals surface area (Å²) in [6.07, 6.45) is 1.80. The first-order valence-electron chi connectivity index (χ1n) is 9.06. The van der Waals surface area contributed by atoms with Gasteiger partial charge in [-0.15, -0.1) is 0 Å². The second-order valence-electron chi connectivity index (χ2n) is 8.14. The molecule has 1 atom stereocenters. The molecule has 5 heteroatoms. The van der Waals surface area contributed by atoms with Gasteiger partial charge < -0.3 is 14.9 Å². The van der Waals surface area contributed by atoms with Gasteiger partial charge in [-0.25, -0.2) is 0 Å². The molecule has 0 aromatic heterocycles. The van der Waals surface area contributed by atoms with Gasteiger partial charge in [0.25, 0.3) is 5.91 Å². The molecule has 0 aliphatic carbocycles. The number of benzene rings is 1. The molecule has 1 aromatic carbocycles. The Hall–Kier alpha value is -1.88. The Kier molecular flexibility index (Phi) is 4.62. The van der Waals surface area contributed by atoms with Gasteiger partial charge >= 0.3 is 0 Å². The average molecular weight is 344 g/mol. The SMILES string of the molecule is CC(=O)N1CC2(CCN(C(=O)c3ccccc3)CC2)CC(O)C1(C)C. The molecule has 25 heavy (non-hydrogen) atoms. The summed E-state index contributed by atoms with van der Waals surface area (Å²) < 4.78 is 0. The summed E-state index contributed by atoms with van der Waals surface area (Å²) in [6.45, 7) is 7.44. The van der Waals surface area contributed by atoms with Crippen molar-refractivity contribution in [1.82, 2.24) is 9.80 Å². The van der Waals surface area contributed by atoms with Crippen LogP contribution < -0.4 is 0 Å². The summed E-state index contributed by atoms with van der Waals surface area (Å²) in [5.41, 5.74) is 0.0935. The highest BCUT2D eigenvalue weighted by Crippen LogP contribution is 2.45. The van der Waals surface area contributed by atoms with E-state index in [0.29, 0.717) is 31.6 Å². The van der Waals surface area contributed by atoms with E-state index < -0.39 is 11.6 Å². The van der Waals surface area contributed by atoms with Gasteiger partial charge in [-0.3, -0.25) is 9.59 Å². The molecule has 1 spiro atoms. The van der Waals surface area contributed by atoms with E-state index in [4.69, 9.17) is 0 Å². The van der Waals surface area contributed by atoms with Crippen LogP contribution in [0.5, 0.6) is 0 Å². The van der Waals surface area contributed by atoms with Gasteiger partial charge in [-0.05, 0) is 50.7 Å². The molecule has 5 nitrogen and oxygen atoms in total. The van der Waals surface area contributed by atoms with Gasteiger partial charge in [0.2, 0.25) is 5.91 Å². The van der Waals surface area contributed by atoms with Crippen molar-refractivity contribution < 1.29 is 14.7 Å². The Morgan fingerprint density at radius 3 is 2.28 bits per heavy atom. The fourth-order valence-corrected chi connectivity index (χ4v) is 4.27. The molecular formula is C20H28N2O3. The zero-order valence-electron chi connectivity index (χ0n) is 15.4. The van der Waals surface area contributed by atoms with Crippen LogP contribution in [0.2, 0.25) is 0 Å². The average Bonchev–Trinajstić information content (AvgIpc) is 2.59. The van der Waals surface area contributed by atoms with Gasteiger partial charge in [0.05, 0.1) is 11.6 Å². The maximum atomic E-state index is 12.6. The lowest BCUT2D eigenvalue weighted by Crippen LogP contribution is -2.64. The van der Waals surface area contributed by atoms with Crippen molar-refractivity contribution in [2.75, 3.05) is 19.6 Å². The first-order valence-corrected chi connectivity index (χ1v) is 9.06. The van der Waals surface area contributed by atoms with Crippen LogP contribution in [0.15, 0.2) is 30.3 Å². The summed E-state index contributed by atoms with van der Waals surface area (Å²) >= 11 is 0. The smallest absolute Gasteiger partial charge is 0.253 e. The highest BCUT2D eigenvalue weighted by atomic mass is 16.3. The summed E-state index contributed by atoms with van der Waals surface area (Å²) in [6, 6.07) is 9.35. The van der Waals surface area contributed by atoms with Crippen molar-refractivity contribution in [2.24, 2.45) is 5.41 Å². The number of piperidine rings is 2. The molecule has 3 rings (SSSR count).